The summed E-state index contributed by atoms with van der Waals surface area (Å²) in [5, 5.41) is 4.06. The topological polar surface area (TPSA) is 83.7 Å². The van der Waals surface area contributed by atoms with Gasteiger partial charge in [0.1, 0.15) is 11.6 Å². The number of hydrogen-bond donors (Lipinski definition) is 1. The Morgan fingerprint density at radius 1 is 1.19 bits per heavy atom. The van der Waals surface area contributed by atoms with E-state index in [2.05, 4.69) is 31.1 Å². The second-order valence-electron chi connectivity index (χ2n) is 7.05. The fourth-order valence-corrected chi connectivity index (χ4v) is 3.78. The molecular formula is C19H24N6O. The van der Waals surface area contributed by atoms with Gasteiger partial charge in [-0.2, -0.15) is 0 Å². The normalized spacial score (nSPS) is 16.3. The molecule has 0 radical (unpaired) electrons. The standard InChI is InChI=1S/C19H24N6O/c1-12-19(13(2)26-24-12)18-8-17(22-14(3)23-18)15-4-6-25(7-5-15)10-16-9-20-11-21-16/h8-9,11,15H,4-7,10H2,1-3H3,(H,20,21). The molecule has 7 nitrogen and oxygen atoms in total. The lowest BCUT2D eigenvalue weighted by Crippen LogP contribution is -2.32. The van der Waals surface area contributed by atoms with Gasteiger partial charge in [-0.1, -0.05) is 5.16 Å². The molecule has 1 N–H and O–H groups in total. The second kappa shape index (κ2) is 6.99. The van der Waals surface area contributed by atoms with E-state index >= 15 is 0 Å². The minimum atomic E-state index is 0.467. The zero-order chi connectivity index (χ0) is 18.1. The number of nitrogens with one attached hydrogen (secondary N) is 1. The molecule has 1 aliphatic heterocycles. The number of rotatable bonds is 4. The largest absolute Gasteiger partial charge is 0.361 e. The summed E-state index contributed by atoms with van der Waals surface area (Å²) >= 11 is 0. The van der Waals surface area contributed by atoms with Crippen LogP contribution in [0.2, 0.25) is 0 Å². The van der Waals surface area contributed by atoms with Crippen LogP contribution in [0.15, 0.2) is 23.1 Å². The zero-order valence-corrected chi connectivity index (χ0v) is 15.5. The smallest absolute Gasteiger partial charge is 0.143 e. The quantitative estimate of drug-likeness (QED) is 0.776. The van der Waals surface area contributed by atoms with Crippen LogP contribution in [0.1, 0.15) is 47.4 Å². The Morgan fingerprint density at radius 2 is 2.00 bits per heavy atom. The predicted octanol–water partition coefficient (Wildman–Crippen LogP) is 3.16. The average molecular weight is 352 g/mol. The maximum absolute atomic E-state index is 5.31. The van der Waals surface area contributed by atoms with Gasteiger partial charge in [0, 0.05) is 30.0 Å². The molecule has 0 unspecified atom stereocenters. The summed E-state index contributed by atoms with van der Waals surface area (Å²) < 4.78 is 5.31. The molecule has 136 valence electrons. The monoisotopic (exact) mass is 352 g/mol. The lowest BCUT2D eigenvalue weighted by Gasteiger charge is -2.31. The van der Waals surface area contributed by atoms with Gasteiger partial charge in [0.15, 0.2) is 0 Å². The molecule has 0 aromatic carbocycles. The van der Waals surface area contributed by atoms with E-state index < -0.39 is 0 Å². The number of likely N-dealkylation sites (tertiary alicyclic amines) is 1. The molecule has 0 bridgehead atoms. The SMILES string of the molecule is Cc1nc(-c2c(C)noc2C)cc(C2CCN(Cc3cnc[nH]3)CC2)n1. The molecule has 3 aromatic rings. The van der Waals surface area contributed by atoms with Crippen molar-refractivity contribution < 1.29 is 4.52 Å². The molecule has 0 aliphatic carbocycles. The summed E-state index contributed by atoms with van der Waals surface area (Å²) in [6, 6.07) is 2.12. The van der Waals surface area contributed by atoms with Gasteiger partial charge in [-0.25, -0.2) is 15.0 Å². The number of nitrogens with zero attached hydrogens (tertiary/aromatic N) is 5. The van der Waals surface area contributed by atoms with E-state index in [1.807, 2.05) is 27.0 Å². The lowest BCUT2D eigenvalue weighted by atomic mass is 9.92. The van der Waals surface area contributed by atoms with Crippen molar-refractivity contribution >= 4 is 0 Å². The Balaban J connectivity index is 1.50. The average Bonchev–Trinajstić information content (AvgIpc) is 3.25. The molecule has 0 amide bonds. The third-order valence-corrected chi connectivity index (χ3v) is 5.10. The third-order valence-electron chi connectivity index (χ3n) is 5.10. The van der Waals surface area contributed by atoms with Crippen LogP contribution in [0.25, 0.3) is 11.3 Å². The first-order valence-corrected chi connectivity index (χ1v) is 9.08. The van der Waals surface area contributed by atoms with Crippen LogP contribution < -0.4 is 0 Å². The zero-order valence-electron chi connectivity index (χ0n) is 15.5. The van der Waals surface area contributed by atoms with E-state index in [9.17, 15) is 0 Å². The first-order valence-electron chi connectivity index (χ1n) is 9.08. The molecule has 0 spiro atoms. The first-order chi connectivity index (χ1) is 12.6. The van der Waals surface area contributed by atoms with Gasteiger partial charge in [-0.3, -0.25) is 4.90 Å². The van der Waals surface area contributed by atoms with Crippen LogP contribution in [-0.4, -0.2) is 43.1 Å². The van der Waals surface area contributed by atoms with Crippen molar-refractivity contribution in [1.82, 2.24) is 30.0 Å². The van der Waals surface area contributed by atoms with Crippen molar-refractivity contribution in [2.75, 3.05) is 13.1 Å². The van der Waals surface area contributed by atoms with Crippen LogP contribution in [-0.2, 0) is 6.54 Å². The van der Waals surface area contributed by atoms with Gasteiger partial charge in [0.25, 0.3) is 0 Å². The maximum Gasteiger partial charge on any atom is 0.143 e. The van der Waals surface area contributed by atoms with Crippen LogP contribution >= 0.6 is 0 Å². The fraction of sp³-hybridized carbons (Fsp3) is 0.474. The molecule has 7 heteroatoms. The Morgan fingerprint density at radius 3 is 2.65 bits per heavy atom. The van der Waals surface area contributed by atoms with Gasteiger partial charge in [-0.05, 0) is 52.8 Å². The molecule has 0 saturated carbocycles. The van der Waals surface area contributed by atoms with E-state index in [1.54, 1.807) is 6.33 Å². The van der Waals surface area contributed by atoms with Crippen LogP contribution in [0.5, 0.6) is 0 Å². The number of piperidine rings is 1. The van der Waals surface area contributed by atoms with E-state index in [-0.39, 0.29) is 0 Å². The van der Waals surface area contributed by atoms with Crippen molar-refractivity contribution in [3.05, 3.63) is 47.3 Å². The number of H-pyrrole nitrogens is 1. The molecular weight excluding hydrogens is 328 g/mol. The van der Waals surface area contributed by atoms with Crippen molar-refractivity contribution in [3.8, 4) is 11.3 Å². The van der Waals surface area contributed by atoms with Gasteiger partial charge >= 0.3 is 0 Å². The minimum absolute atomic E-state index is 0.467. The number of aromatic nitrogens is 5. The first kappa shape index (κ1) is 16.9. The lowest BCUT2D eigenvalue weighted by molar-refractivity contribution is 0.201. The number of aryl methyl sites for hydroxylation is 3. The van der Waals surface area contributed by atoms with Crippen molar-refractivity contribution in [3.63, 3.8) is 0 Å². The molecule has 4 rings (SSSR count). The summed E-state index contributed by atoms with van der Waals surface area (Å²) in [6.07, 6.45) is 5.84. The van der Waals surface area contributed by atoms with Crippen LogP contribution in [0.3, 0.4) is 0 Å². The highest BCUT2D eigenvalue weighted by atomic mass is 16.5. The van der Waals surface area contributed by atoms with E-state index in [0.717, 1.165) is 66.7 Å². The summed E-state index contributed by atoms with van der Waals surface area (Å²) in [4.78, 5) is 19.1. The van der Waals surface area contributed by atoms with E-state index in [1.165, 1.54) is 5.69 Å². The summed E-state index contributed by atoms with van der Waals surface area (Å²) in [7, 11) is 0. The van der Waals surface area contributed by atoms with Crippen molar-refractivity contribution in [1.29, 1.82) is 0 Å². The summed E-state index contributed by atoms with van der Waals surface area (Å²) in [5.41, 5.74) is 5.09. The molecule has 4 heterocycles. The Hall–Kier alpha value is -2.54. The Bertz CT molecular complexity index is 858. The maximum atomic E-state index is 5.31. The number of aromatic amines is 1. The Kier molecular flexibility index (Phi) is 4.55. The molecule has 1 saturated heterocycles. The van der Waals surface area contributed by atoms with Crippen molar-refractivity contribution in [2.45, 2.75) is 46.1 Å². The number of hydrogen-bond acceptors (Lipinski definition) is 6. The highest BCUT2D eigenvalue weighted by Gasteiger charge is 2.24. The highest BCUT2D eigenvalue weighted by molar-refractivity contribution is 5.64. The van der Waals surface area contributed by atoms with Crippen molar-refractivity contribution in [2.24, 2.45) is 0 Å². The fourth-order valence-electron chi connectivity index (χ4n) is 3.78. The summed E-state index contributed by atoms with van der Waals surface area (Å²) in [6.45, 7) is 8.90. The van der Waals surface area contributed by atoms with Gasteiger partial charge < -0.3 is 9.51 Å². The van der Waals surface area contributed by atoms with Crippen LogP contribution in [0, 0.1) is 20.8 Å². The predicted molar refractivity (Wildman–Crippen MR) is 97.6 cm³/mol. The van der Waals surface area contributed by atoms with Gasteiger partial charge in [0.05, 0.1) is 23.3 Å². The molecule has 0 atom stereocenters. The number of imidazole rings is 1. The van der Waals surface area contributed by atoms with Crippen LogP contribution in [0.4, 0.5) is 0 Å². The molecule has 1 aliphatic rings. The second-order valence-corrected chi connectivity index (χ2v) is 7.05. The van der Waals surface area contributed by atoms with E-state index in [4.69, 9.17) is 9.51 Å². The van der Waals surface area contributed by atoms with Gasteiger partial charge in [-0.15, -0.1) is 0 Å². The third kappa shape index (κ3) is 3.39. The van der Waals surface area contributed by atoms with Gasteiger partial charge in [0.2, 0.25) is 0 Å². The highest BCUT2D eigenvalue weighted by Crippen LogP contribution is 2.31. The molecule has 26 heavy (non-hydrogen) atoms. The Labute approximate surface area is 152 Å². The molecule has 3 aromatic heterocycles. The van der Waals surface area contributed by atoms with E-state index in [0.29, 0.717) is 5.92 Å². The summed E-state index contributed by atoms with van der Waals surface area (Å²) in [5.74, 6) is 2.08. The molecule has 1 fully saturated rings. The minimum Gasteiger partial charge on any atom is -0.361 e.